The summed E-state index contributed by atoms with van der Waals surface area (Å²) in [6, 6.07) is 9.86. The van der Waals surface area contributed by atoms with Crippen molar-refractivity contribution in [2.75, 3.05) is 25.0 Å². The minimum absolute atomic E-state index is 0.0960. The highest BCUT2D eigenvalue weighted by atomic mass is 16.6. The topological polar surface area (TPSA) is 114 Å². The van der Waals surface area contributed by atoms with Crippen LogP contribution in [0.4, 0.5) is 11.4 Å². The van der Waals surface area contributed by atoms with Gasteiger partial charge in [0.05, 0.1) is 16.7 Å². The molecule has 0 aliphatic carbocycles. The molecule has 2 aromatic rings. The van der Waals surface area contributed by atoms with E-state index in [1.54, 1.807) is 23.2 Å². The van der Waals surface area contributed by atoms with Crippen LogP contribution in [0, 0.1) is 15.5 Å². The third-order valence-corrected chi connectivity index (χ3v) is 5.28. The Bertz CT molecular complexity index is 873. The monoisotopic (exact) mass is 383 g/mol. The summed E-state index contributed by atoms with van der Waals surface area (Å²) in [5.41, 5.74) is 7.02. The number of likely N-dealkylation sites (tertiary alicyclic amines) is 1. The number of nitrogens with two attached hydrogens (primary N) is 1. The van der Waals surface area contributed by atoms with Crippen molar-refractivity contribution in [3.8, 4) is 0 Å². The Labute approximate surface area is 163 Å². The molecule has 2 heterocycles. The first-order chi connectivity index (χ1) is 13.3. The first kappa shape index (κ1) is 19.8. The number of hydrogen-bond acceptors (Lipinski definition) is 6. The van der Waals surface area contributed by atoms with Gasteiger partial charge in [-0.1, -0.05) is 13.0 Å². The molecule has 1 aliphatic rings. The molecule has 1 aliphatic heterocycles. The number of nitrogens with zero attached hydrogens (tertiary/aromatic N) is 3. The van der Waals surface area contributed by atoms with Crippen molar-refractivity contribution in [3.63, 3.8) is 0 Å². The Morgan fingerprint density at radius 1 is 1.43 bits per heavy atom. The van der Waals surface area contributed by atoms with E-state index >= 15 is 0 Å². The molecule has 3 N–H and O–H groups in total. The second-order valence-corrected chi connectivity index (χ2v) is 7.60. The van der Waals surface area contributed by atoms with Crippen molar-refractivity contribution >= 4 is 17.3 Å². The third kappa shape index (κ3) is 4.12. The van der Waals surface area contributed by atoms with Crippen molar-refractivity contribution in [2.45, 2.75) is 26.3 Å². The van der Waals surface area contributed by atoms with Gasteiger partial charge in [0.2, 0.25) is 0 Å². The van der Waals surface area contributed by atoms with E-state index in [1.807, 2.05) is 25.1 Å². The second kappa shape index (κ2) is 7.93. The number of pyridine rings is 1. The summed E-state index contributed by atoms with van der Waals surface area (Å²) >= 11 is 0. The molecule has 0 saturated carbocycles. The highest BCUT2D eigenvalue weighted by Gasteiger charge is 2.35. The number of amides is 1. The zero-order chi connectivity index (χ0) is 20.3. The van der Waals surface area contributed by atoms with E-state index in [4.69, 9.17) is 5.73 Å². The number of nitro groups is 1. The summed E-state index contributed by atoms with van der Waals surface area (Å²) in [6.45, 7) is 5.60. The van der Waals surface area contributed by atoms with Gasteiger partial charge in [-0.3, -0.25) is 19.9 Å². The molecule has 0 spiro atoms. The predicted molar refractivity (Wildman–Crippen MR) is 107 cm³/mol. The maximum Gasteiger partial charge on any atom is 0.293 e. The first-order valence-corrected chi connectivity index (χ1v) is 9.28. The Morgan fingerprint density at radius 2 is 2.21 bits per heavy atom. The highest BCUT2D eigenvalue weighted by molar-refractivity contribution is 5.96. The van der Waals surface area contributed by atoms with Crippen LogP contribution in [-0.2, 0) is 0 Å². The zero-order valence-corrected chi connectivity index (χ0v) is 16.1. The Hall–Kier alpha value is -3.00. The molecule has 3 rings (SSSR count). The van der Waals surface area contributed by atoms with Crippen LogP contribution in [0.1, 0.15) is 42.4 Å². The van der Waals surface area contributed by atoms with Gasteiger partial charge in [-0.2, -0.15) is 0 Å². The van der Waals surface area contributed by atoms with Gasteiger partial charge in [0.15, 0.2) is 0 Å². The summed E-state index contributed by atoms with van der Waals surface area (Å²) in [7, 11) is 0. The third-order valence-electron chi connectivity index (χ3n) is 5.28. The number of rotatable bonds is 6. The van der Waals surface area contributed by atoms with E-state index in [0.29, 0.717) is 30.9 Å². The summed E-state index contributed by atoms with van der Waals surface area (Å²) in [5.74, 6) is -0.204. The minimum atomic E-state index is -0.474. The molecule has 28 heavy (non-hydrogen) atoms. The predicted octanol–water partition coefficient (Wildman–Crippen LogP) is 2.97. The van der Waals surface area contributed by atoms with E-state index in [-0.39, 0.29) is 23.1 Å². The van der Waals surface area contributed by atoms with Crippen molar-refractivity contribution in [2.24, 2.45) is 11.1 Å². The molecule has 148 valence electrons. The average molecular weight is 383 g/mol. The number of benzene rings is 1. The number of anilines is 1. The lowest BCUT2D eigenvalue weighted by atomic mass is 9.90. The standard InChI is InChI=1S/C20H25N5O3/c1-14(16-5-3-4-9-22-16)23-17-7-6-15(11-18(17)25(27)28)19(26)24-10-8-20(2,12-21)13-24/h3-7,9,11,14,23H,8,10,12-13,21H2,1-2H3. The fraction of sp³-hybridized carbons (Fsp3) is 0.400. The molecule has 8 nitrogen and oxygen atoms in total. The van der Waals surface area contributed by atoms with Gasteiger partial charge in [-0.15, -0.1) is 0 Å². The Morgan fingerprint density at radius 3 is 2.82 bits per heavy atom. The summed E-state index contributed by atoms with van der Waals surface area (Å²) in [6.07, 6.45) is 2.51. The van der Waals surface area contributed by atoms with Crippen molar-refractivity contribution in [3.05, 3.63) is 64.0 Å². The van der Waals surface area contributed by atoms with Crippen LogP contribution in [-0.4, -0.2) is 40.3 Å². The number of carbonyl (C=O) groups excluding carboxylic acids is 1. The summed E-state index contributed by atoms with van der Waals surface area (Å²) in [5, 5.41) is 14.7. The number of nitrogens with one attached hydrogen (secondary N) is 1. The van der Waals surface area contributed by atoms with Crippen molar-refractivity contribution in [1.29, 1.82) is 0 Å². The largest absolute Gasteiger partial charge is 0.371 e. The minimum Gasteiger partial charge on any atom is -0.371 e. The van der Waals surface area contributed by atoms with Crippen molar-refractivity contribution in [1.82, 2.24) is 9.88 Å². The Balaban J connectivity index is 1.81. The lowest BCUT2D eigenvalue weighted by molar-refractivity contribution is -0.384. The van der Waals surface area contributed by atoms with Gasteiger partial charge in [-0.05, 0) is 49.6 Å². The number of nitro benzene ring substituents is 1. The molecule has 1 amide bonds. The van der Waals surface area contributed by atoms with Crippen LogP contribution in [0.2, 0.25) is 0 Å². The van der Waals surface area contributed by atoms with Gasteiger partial charge in [0, 0.05) is 30.9 Å². The maximum absolute atomic E-state index is 12.8. The van der Waals surface area contributed by atoms with Crippen LogP contribution in [0.3, 0.4) is 0 Å². The number of aromatic nitrogens is 1. The first-order valence-electron chi connectivity index (χ1n) is 9.28. The van der Waals surface area contributed by atoms with Crippen molar-refractivity contribution < 1.29 is 9.72 Å². The van der Waals surface area contributed by atoms with E-state index in [0.717, 1.165) is 12.1 Å². The molecule has 2 atom stereocenters. The van der Waals surface area contributed by atoms with Crippen LogP contribution in [0.15, 0.2) is 42.6 Å². The average Bonchev–Trinajstić information content (AvgIpc) is 3.11. The van der Waals surface area contributed by atoms with Gasteiger partial charge in [0.25, 0.3) is 11.6 Å². The number of hydrogen-bond donors (Lipinski definition) is 2. The SMILES string of the molecule is CC(Nc1ccc(C(=O)N2CCC(C)(CN)C2)cc1[N+](=O)[O-])c1ccccn1. The van der Waals surface area contributed by atoms with Crippen LogP contribution < -0.4 is 11.1 Å². The highest BCUT2D eigenvalue weighted by Crippen LogP contribution is 2.32. The van der Waals surface area contributed by atoms with Crippen LogP contribution in [0.5, 0.6) is 0 Å². The summed E-state index contributed by atoms with van der Waals surface area (Å²) < 4.78 is 0. The molecule has 0 radical (unpaired) electrons. The maximum atomic E-state index is 12.8. The molecule has 1 saturated heterocycles. The van der Waals surface area contributed by atoms with Crippen LogP contribution >= 0.6 is 0 Å². The zero-order valence-electron chi connectivity index (χ0n) is 16.1. The number of carbonyl (C=O) groups is 1. The molecule has 1 aromatic heterocycles. The fourth-order valence-electron chi connectivity index (χ4n) is 3.42. The summed E-state index contributed by atoms with van der Waals surface area (Å²) in [4.78, 5) is 29.9. The molecular formula is C20H25N5O3. The molecule has 8 heteroatoms. The lowest BCUT2D eigenvalue weighted by Gasteiger charge is -2.22. The van der Waals surface area contributed by atoms with E-state index in [9.17, 15) is 14.9 Å². The van der Waals surface area contributed by atoms with E-state index < -0.39 is 4.92 Å². The van der Waals surface area contributed by atoms with E-state index in [1.165, 1.54) is 6.07 Å². The lowest BCUT2D eigenvalue weighted by Crippen LogP contribution is -2.34. The normalized spacial score (nSPS) is 20.0. The molecule has 2 unspecified atom stereocenters. The van der Waals surface area contributed by atoms with Crippen LogP contribution in [0.25, 0.3) is 0 Å². The van der Waals surface area contributed by atoms with Gasteiger partial charge >= 0.3 is 0 Å². The quantitative estimate of drug-likeness (QED) is 0.585. The second-order valence-electron chi connectivity index (χ2n) is 7.60. The van der Waals surface area contributed by atoms with Gasteiger partial charge in [0.1, 0.15) is 5.69 Å². The van der Waals surface area contributed by atoms with E-state index in [2.05, 4.69) is 17.2 Å². The fourth-order valence-corrected chi connectivity index (χ4v) is 3.42. The molecular weight excluding hydrogens is 358 g/mol. The van der Waals surface area contributed by atoms with Gasteiger partial charge < -0.3 is 16.0 Å². The van der Waals surface area contributed by atoms with Gasteiger partial charge in [-0.25, -0.2) is 0 Å². The molecule has 1 aromatic carbocycles. The molecule has 0 bridgehead atoms. The molecule has 1 fully saturated rings. The smallest absolute Gasteiger partial charge is 0.293 e. The Kier molecular flexibility index (Phi) is 5.60.